The largest absolute Gasteiger partial charge is 2.00 e. The molecule has 4 aromatic heterocycles. The first-order valence-electron chi connectivity index (χ1n) is 15.9. The van der Waals surface area contributed by atoms with E-state index in [0.29, 0.717) is 0 Å². The van der Waals surface area contributed by atoms with E-state index in [1.807, 2.05) is 132 Å². The van der Waals surface area contributed by atoms with Crippen molar-refractivity contribution < 1.29 is 103 Å². The molecule has 2 aliphatic carbocycles. The van der Waals surface area contributed by atoms with Crippen LogP contribution in [0.4, 0.5) is 0 Å². The third kappa shape index (κ3) is 23.1. The summed E-state index contributed by atoms with van der Waals surface area (Å²) in [4.78, 5) is 19.4. The van der Waals surface area contributed by atoms with Gasteiger partial charge in [0.1, 0.15) is 0 Å². The SMILES string of the molecule is C[C]1[CH][CH][CH][CH]1.C[C]1[CH][CH][CH][CH]1.Cc1cc(C)[n-]n1.Cc1cc(C)[n-]n1.Cc1cc(C)n([Si](C)(C)O)n1.Cc1cc(C)n([Si](C)(C)O)n1.[Yb+2].[Yb+2]. The van der Waals surface area contributed by atoms with Crippen molar-refractivity contribution in [1.82, 2.24) is 39.3 Å². The quantitative estimate of drug-likeness (QED) is 0.227. The molecule has 2 fully saturated rings. The maximum Gasteiger partial charge on any atom is 2.00 e. The van der Waals surface area contributed by atoms with E-state index in [1.165, 1.54) is 11.8 Å². The molecule has 4 aromatic rings. The molecule has 4 heterocycles. The van der Waals surface area contributed by atoms with E-state index >= 15 is 0 Å². The summed E-state index contributed by atoms with van der Waals surface area (Å²) in [5.41, 5.74) is 8.02. The van der Waals surface area contributed by atoms with Gasteiger partial charge in [0.05, 0.1) is 11.4 Å². The van der Waals surface area contributed by atoms with Crippen LogP contribution in [0.5, 0.6) is 0 Å². The van der Waals surface area contributed by atoms with Crippen molar-refractivity contribution in [1.29, 1.82) is 0 Å². The minimum atomic E-state index is -2.25. The first kappa shape index (κ1) is 52.3. The summed E-state index contributed by atoms with van der Waals surface area (Å²) in [6.45, 7) is 27.1. The molecule has 0 atom stereocenters. The fourth-order valence-corrected chi connectivity index (χ4v) is 7.00. The van der Waals surface area contributed by atoms with Gasteiger partial charge in [-0.05, 0) is 143 Å². The summed E-state index contributed by atoms with van der Waals surface area (Å²) in [5, 5.41) is 23.5. The van der Waals surface area contributed by atoms with Crippen LogP contribution in [0, 0.1) is 212 Å². The van der Waals surface area contributed by atoms with Crippen LogP contribution < -0.4 is 10.2 Å². The Bertz CT molecular complexity index is 1300. The number of aryl methyl sites for hydroxylation is 8. The van der Waals surface area contributed by atoms with E-state index in [9.17, 15) is 9.59 Å². The van der Waals surface area contributed by atoms with Gasteiger partial charge in [0.2, 0.25) is 0 Å². The molecule has 0 unspecified atom stereocenters. The Morgan fingerprint density at radius 3 is 0.840 bits per heavy atom. The van der Waals surface area contributed by atoms with Gasteiger partial charge in [-0.2, -0.15) is 10.2 Å². The maximum atomic E-state index is 9.72. The van der Waals surface area contributed by atoms with E-state index in [2.05, 4.69) is 70.1 Å². The zero-order valence-electron chi connectivity index (χ0n) is 31.9. The van der Waals surface area contributed by atoms with Gasteiger partial charge >= 0.3 is 111 Å². The summed E-state index contributed by atoms with van der Waals surface area (Å²) in [6.07, 6.45) is 16.5. The van der Waals surface area contributed by atoms with Crippen molar-refractivity contribution in [3.8, 4) is 0 Å². The van der Waals surface area contributed by atoms with Crippen molar-refractivity contribution >= 4 is 17.0 Å². The first-order chi connectivity index (χ1) is 22.2. The van der Waals surface area contributed by atoms with E-state index in [1.54, 1.807) is 8.69 Å². The van der Waals surface area contributed by atoms with Gasteiger partial charge in [0.25, 0.3) is 0 Å². The van der Waals surface area contributed by atoms with E-state index < -0.39 is 17.0 Å². The van der Waals surface area contributed by atoms with Crippen LogP contribution in [0.2, 0.25) is 26.2 Å². The molecule has 286 valence electrons. The Labute approximate surface area is 383 Å². The topological polar surface area (TPSA) is 130 Å². The molecule has 10 radical (unpaired) electrons. The predicted molar refractivity (Wildman–Crippen MR) is 200 cm³/mol. The molecule has 6 rings (SSSR count). The zero-order valence-corrected chi connectivity index (χ0v) is 37.4. The Morgan fingerprint density at radius 2 is 0.760 bits per heavy atom. The van der Waals surface area contributed by atoms with Crippen LogP contribution in [-0.2, 0) is 0 Å². The molecule has 0 aromatic carbocycles. The van der Waals surface area contributed by atoms with Crippen LogP contribution >= 0.6 is 0 Å². The zero-order chi connectivity index (χ0) is 36.7. The molecule has 14 heteroatoms. The number of nitrogens with zero attached hydrogens (tertiary/aromatic N) is 8. The predicted octanol–water partition coefficient (Wildman–Crippen LogP) is 6.22. The average molecular weight is 1040 g/mol. The Morgan fingerprint density at radius 1 is 0.480 bits per heavy atom. The third-order valence-electron chi connectivity index (χ3n) is 6.28. The number of hydrogen-bond donors (Lipinski definition) is 2. The molecule has 0 bridgehead atoms. The van der Waals surface area contributed by atoms with Crippen molar-refractivity contribution in [3.05, 3.63) is 133 Å². The molecular weight excluding hydrogens is 979 g/mol. The fraction of sp³-hybridized carbons (Fsp3) is 0.389. The normalized spacial score (nSPS) is 14.1. The monoisotopic (exact) mass is 1040 g/mol. The van der Waals surface area contributed by atoms with Gasteiger partial charge in [-0.25, -0.2) is 0 Å². The van der Waals surface area contributed by atoms with Crippen molar-refractivity contribution in [3.63, 3.8) is 0 Å². The Hall–Kier alpha value is 0.233. The number of rotatable bonds is 2. The van der Waals surface area contributed by atoms with Crippen LogP contribution in [-0.4, -0.2) is 55.6 Å². The third-order valence-corrected chi connectivity index (χ3v) is 9.26. The van der Waals surface area contributed by atoms with Crippen LogP contribution in [0.3, 0.4) is 0 Å². The summed E-state index contributed by atoms with van der Waals surface area (Å²) in [6, 6.07) is 7.84. The van der Waals surface area contributed by atoms with E-state index in [0.717, 1.165) is 45.6 Å². The van der Waals surface area contributed by atoms with Gasteiger partial charge < -0.3 is 30.0 Å². The molecule has 0 aliphatic heterocycles. The Kier molecular flexibility index (Phi) is 27.3. The summed E-state index contributed by atoms with van der Waals surface area (Å²) in [5.74, 6) is 2.69. The van der Waals surface area contributed by atoms with Crippen LogP contribution in [0.1, 0.15) is 59.4 Å². The second-order valence-corrected chi connectivity index (χ2v) is 19.7. The molecule has 0 saturated heterocycles. The molecule has 2 saturated carbocycles. The molecule has 50 heavy (non-hydrogen) atoms. The minimum absolute atomic E-state index is 0. The molecule has 2 aliphatic rings. The number of aromatic nitrogens is 8. The second-order valence-electron chi connectivity index (χ2n) is 12.8. The molecule has 0 amide bonds. The maximum absolute atomic E-state index is 9.72. The molecule has 10 nitrogen and oxygen atoms in total. The van der Waals surface area contributed by atoms with Gasteiger partial charge in [0.15, 0.2) is 0 Å². The van der Waals surface area contributed by atoms with E-state index in [4.69, 9.17) is 0 Å². The van der Waals surface area contributed by atoms with Gasteiger partial charge in [-0.3, -0.25) is 8.69 Å². The van der Waals surface area contributed by atoms with Crippen molar-refractivity contribution in [2.75, 3.05) is 0 Å². The van der Waals surface area contributed by atoms with Crippen molar-refractivity contribution in [2.45, 2.75) is 95.4 Å². The van der Waals surface area contributed by atoms with Gasteiger partial charge in [-0.1, -0.05) is 39.8 Å². The summed E-state index contributed by atoms with van der Waals surface area (Å²) < 4.78 is 3.50. The minimum Gasteiger partial charge on any atom is -0.579 e. The fourth-order valence-electron chi connectivity index (χ4n) is 4.34. The van der Waals surface area contributed by atoms with Crippen LogP contribution in [0.25, 0.3) is 0 Å². The standard InChI is InChI=1S/2C7H14N2OSi.2C6H7.2C5H7N2.2Yb/c2*1-6-5-7(2)9(8-6)11(3,4)10;2*1-6-4-2-3-5-6;2*1-4-3-5(2)7-6-4;;/h2*5,10H,1-4H3;2*2-5H,1H3;2*3H,1-2H3;;/q;;;;2*-1;2*+2. The molecular formula is C36H56N8O2Si2Yb2+2. The molecule has 0 spiro atoms. The average Bonchev–Trinajstić information content (AvgIpc) is 3.81. The number of hydrogen-bond acceptors (Lipinski definition) is 6. The van der Waals surface area contributed by atoms with Gasteiger partial charge in [0, 0.05) is 22.8 Å². The second kappa shape index (κ2) is 26.1. The van der Waals surface area contributed by atoms with Gasteiger partial charge in [-0.15, -0.1) is 11.4 Å². The molecule has 2 N–H and O–H groups in total. The summed E-state index contributed by atoms with van der Waals surface area (Å²) >= 11 is 0. The van der Waals surface area contributed by atoms with E-state index in [-0.39, 0.29) is 93.8 Å². The Balaban J connectivity index is 0. The first-order valence-corrected chi connectivity index (χ1v) is 21.7. The van der Waals surface area contributed by atoms with Crippen LogP contribution in [0.15, 0.2) is 24.3 Å². The van der Waals surface area contributed by atoms with Crippen molar-refractivity contribution in [2.24, 2.45) is 0 Å². The smallest absolute Gasteiger partial charge is 0.579 e. The summed E-state index contributed by atoms with van der Waals surface area (Å²) in [7, 11) is -4.50.